The normalized spacial score (nSPS) is 12.6. The fraction of sp³-hybridized carbons (Fsp3) is 0.286. The second-order valence-electron chi connectivity index (χ2n) is 19.9. The van der Waals surface area contributed by atoms with Crippen molar-refractivity contribution in [1.82, 2.24) is 0 Å². The van der Waals surface area contributed by atoms with Crippen molar-refractivity contribution in [1.29, 1.82) is 0 Å². The largest absolute Gasteiger partial charge is 0.0616 e. The van der Waals surface area contributed by atoms with Crippen molar-refractivity contribution in [3.63, 3.8) is 0 Å². The molecule has 0 heterocycles. The lowest BCUT2D eigenvalue weighted by Gasteiger charge is -2.30. The van der Waals surface area contributed by atoms with Gasteiger partial charge in [-0.2, -0.15) is 0 Å². The first kappa shape index (κ1) is 39.1. The van der Waals surface area contributed by atoms with Crippen LogP contribution >= 0.6 is 0 Å². The van der Waals surface area contributed by atoms with Gasteiger partial charge < -0.3 is 0 Å². The van der Waals surface area contributed by atoms with Gasteiger partial charge in [0.25, 0.3) is 0 Å². The molecule has 0 spiro atoms. The van der Waals surface area contributed by atoms with Gasteiger partial charge in [-0.3, -0.25) is 0 Å². The van der Waals surface area contributed by atoms with Gasteiger partial charge in [-0.05, 0) is 121 Å². The molecule has 0 nitrogen and oxygen atoms in total. The molecule has 0 aliphatic heterocycles. The summed E-state index contributed by atoms with van der Waals surface area (Å²) in [6.07, 6.45) is 0. The molecule has 0 heteroatoms. The van der Waals surface area contributed by atoms with E-state index >= 15 is 0 Å². The second-order valence-corrected chi connectivity index (χ2v) is 19.9. The summed E-state index contributed by atoms with van der Waals surface area (Å²) in [6.45, 7) is 27.7. The zero-order chi connectivity index (χ0) is 40.2. The molecule has 0 radical (unpaired) electrons. The Bertz CT molecular complexity index is 2520. The van der Waals surface area contributed by atoms with Gasteiger partial charge in [0.2, 0.25) is 0 Å². The lowest BCUT2D eigenvalue weighted by Crippen LogP contribution is -2.17. The number of fused-ring (bicyclic) bond motifs is 4. The molecule has 0 amide bonds. The molecule has 0 saturated carbocycles. The van der Waals surface area contributed by atoms with Crippen molar-refractivity contribution in [2.45, 2.75) is 105 Å². The minimum atomic E-state index is 0.0610. The van der Waals surface area contributed by atoms with Crippen LogP contribution in [-0.2, 0) is 21.7 Å². The maximum absolute atomic E-state index is 2.41. The van der Waals surface area contributed by atoms with Crippen molar-refractivity contribution in [3.05, 3.63) is 168 Å². The Kier molecular flexibility index (Phi) is 10.0. The van der Waals surface area contributed by atoms with Crippen LogP contribution in [-0.4, -0.2) is 0 Å². The number of rotatable bonds is 2. The first-order valence-corrected chi connectivity index (χ1v) is 20.4. The fourth-order valence-electron chi connectivity index (χ4n) is 8.26. The minimum Gasteiger partial charge on any atom is -0.0616 e. The van der Waals surface area contributed by atoms with Crippen molar-refractivity contribution in [2.75, 3.05) is 0 Å². The highest BCUT2D eigenvalue weighted by molar-refractivity contribution is 6.09. The summed E-state index contributed by atoms with van der Waals surface area (Å²) in [5, 5.41) is 10.6. The standard InChI is InChI=1S/2C28H30/c1-27(2,3)21-15-19-11-7-9-13-23(19)25(17-21)26-18-22(28(4,5)6)16-20-12-8-10-14-24(20)26;1-27(2,3)23-17-15-19-11-7-9-13-21(19)25(23)26-22-14-10-8-12-20(22)16-18-24(26)28(4,5)6/h2*7-18H,1-6H3. The predicted molar refractivity (Wildman–Crippen MR) is 249 cm³/mol. The highest BCUT2D eigenvalue weighted by Crippen LogP contribution is 2.46. The van der Waals surface area contributed by atoms with Gasteiger partial charge in [0.05, 0.1) is 0 Å². The molecule has 0 fully saturated rings. The Labute approximate surface area is 336 Å². The highest BCUT2D eigenvalue weighted by Gasteiger charge is 2.27. The van der Waals surface area contributed by atoms with Crippen LogP contribution in [0.3, 0.4) is 0 Å². The van der Waals surface area contributed by atoms with Crippen LogP contribution < -0.4 is 0 Å². The van der Waals surface area contributed by atoms with E-state index in [4.69, 9.17) is 0 Å². The van der Waals surface area contributed by atoms with Crippen LogP contribution in [0.25, 0.3) is 65.3 Å². The van der Waals surface area contributed by atoms with E-state index in [0.29, 0.717) is 0 Å². The Morgan fingerprint density at radius 3 is 0.893 bits per heavy atom. The van der Waals surface area contributed by atoms with Gasteiger partial charge >= 0.3 is 0 Å². The maximum atomic E-state index is 2.41. The number of benzene rings is 8. The predicted octanol–water partition coefficient (Wildman–Crippen LogP) is 16.5. The first-order valence-electron chi connectivity index (χ1n) is 20.4. The minimum absolute atomic E-state index is 0.0610. The first-order chi connectivity index (χ1) is 26.3. The van der Waals surface area contributed by atoms with Gasteiger partial charge in [-0.25, -0.2) is 0 Å². The van der Waals surface area contributed by atoms with Crippen LogP contribution in [0.4, 0.5) is 0 Å². The zero-order valence-electron chi connectivity index (χ0n) is 35.9. The molecule has 0 aliphatic carbocycles. The highest BCUT2D eigenvalue weighted by atomic mass is 14.3. The van der Waals surface area contributed by atoms with Crippen LogP contribution in [0, 0.1) is 0 Å². The Morgan fingerprint density at radius 1 is 0.268 bits per heavy atom. The molecule has 0 bridgehead atoms. The van der Waals surface area contributed by atoms with E-state index < -0.39 is 0 Å². The third-order valence-electron chi connectivity index (χ3n) is 11.5. The average Bonchev–Trinajstić information content (AvgIpc) is 3.15. The SMILES string of the molecule is CC(C)(C)c1cc(-c2cc(C(C)(C)C)cc3ccccc23)c2ccccc2c1.CC(C)(C)c1ccc2ccccc2c1-c1c(C(C)(C)C)ccc2ccccc12. The summed E-state index contributed by atoms with van der Waals surface area (Å²) in [5.74, 6) is 0. The number of hydrogen-bond acceptors (Lipinski definition) is 0. The smallest absolute Gasteiger partial charge is 0.00587 e. The summed E-state index contributed by atoms with van der Waals surface area (Å²) < 4.78 is 0. The molecule has 0 atom stereocenters. The average molecular weight is 733 g/mol. The van der Waals surface area contributed by atoms with Crippen molar-refractivity contribution >= 4 is 43.1 Å². The molecule has 0 saturated heterocycles. The monoisotopic (exact) mass is 732 g/mol. The second kappa shape index (κ2) is 14.4. The summed E-state index contributed by atoms with van der Waals surface area (Å²) in [5.41, 5.74) is 11.4. The maximum Gasteiger partial charge on any atom is -0.00587 e. The molecule has 0 aliphatic rings. The van der Waals surface area contributed by atoms with E-state index in [0.717, 1.165) is 0 Å². The third-order valence-corrected chi connectivity index (χ3v) is 11.5. The molecule has 284 valence electrons. The Balaban J connectivity index is 0.000000172. The molecule has 56 heavy (non-hydrogen) atoms. The molecule has 8 rings (SSSR count). The van der Waals surface area contributed by atoms with Gasteiger partial charge in [0, 0.05) is 0 Å². The van der Waals surface area contributed by atoms with Gasteiger partial charge in [0.1, 0.15) is 0 Å². The third kappa shape index (κ3) is 7.64. The molecule has 8 aromatic carbocycles. The van der Waals surface area contributed by atoms with E-state index in [1.807, 2.05) is 0 Å². The molecule has 8 aromatic rings. The summed E-state index contributed by atoms with van der Waals surface area (Å²) >= 11 is 0. The Morgan fingerprint density at radius 2 is 0.571 bits per heavy atom. The zero-order valence-corrected chi connectivity index (χ0v) is 35.9. The van der Waals surface area contributed by atoms with E-state index in [1.54, 1.807) is 0 Å². The molecular weight excluding hydrogens is 673 g/mol. The van der Waals surface area contributed by atoms with Crippen LogP contribution in [0.1, 0.15) is 105 Å². The van der Waals surface area contributed by atoms with Crippen LogP contribution in [0.15, 0.2) is 146 Å². The van der Waals surface area contributed by atoms with Crippen molar-refractivity contribution in [3.8, 4) is 22.3 Å². The summed E-state index contributed by atoms with van der Waals surface area (Å²) in [7, 11) is 0. The van der Waals surface area contributed by atoms with Crippen molar-refractivity contribution < 1.29 is 0 Å². The summed E-state index contributed by atoms with van der Waals surface area (Å²) in [4.78, 5) is 0. The van der Waals surface area contributed by atoms with E-state index in [-0.39, 0.29) is 21.7 Å². The van der Waals surface area contributed by atoms with Gasteiger partial charge in [0.15, 0.2) is 0 Å². The van der Waals surface area contributed by atoms with Crippen molar-refractivity contribution in [2.24, 2.45) is 0 Å². The van der Waals surface area contributed by atoms with Crippen LogP contribution in [0.5, 0.6) is 0 Å². The Hall–Kier alpha value is -5.20. The van der Waals surface area contributed by atoms with E-state index in [9.17, 15) is 0 Å². The molecule has 0 unspecified atom stereocenters. The van der Waals surface area contributed by atoms with Crippen LogP contribution in [0.2, 0.25) is 0 Å². The lowest BCUT2D eigenvalue weighted by molar-refractivity contribution is 0.586. The van der Waals surface area contributed by atoms with Gasteiger partial charge in [-0.1, -0.05) is 217 Å². The fourth-order valence-corrected chi connectivity index (χ4v) is 8.26. The number of hydrogen-bond donors (Lipinski definition) is 0. The summed E-state index contributed by atoms with van der Waals surface area (Å²) in [6, 6.07) is 54.0. The van der Waals surface area contributed by atoms with Gasteiger partial charge in [-0.15, -0.1) is 0 Å². The molecular formula is C56H60. The topological polar surface area (TPSA) is 0 Å². The van der Waals surface area contributed by atoms with E-state index in [1.165, 1.54) is 87.6 Å². The molecule has 0 N–H and O–H groups in total. The quantitative estimate of drug-likeness (QED) is 0.166. The molecule has 0 aromatic heterocycles. The lowest BCUT2D eigenvalue weighted by atomic mass is 9.74. The van der Waals surface area contributed by atoms with E-state index in [2.05, 4.69) is 229 Å².